The fourth-order valence-electron chi connectivity index (χ4n) is 1.84. The van der Waals surface area contributed by atoms with Crippen LogP contribution < -0.4 is 5.56 Å². The lowest BCUT2D eigenvalue weighted by Crippen LogP contribution is -2.12. The number of hydrogen-bond acceptors (Lipinski definition) is 3. The van der Waals surface area contributed by atoms with Gasteiger partial charge >= 0.3 is 0 Å². The zero-order valence-corrected chi connectivity index (χ0v) is 11.4. The molecule has 3 rings (SSSR count). The van der Waals surface area contributed by atoms with Crippen molar-refractivity contribution in [1.29, 1.82) is 0 Å². The Morgan fingerprint density at radius 2 is 2.00 bits per heavy atom. The third kappa shape index (κ3) is 2.64. The van der Waals surface area contributed by atoms with Crippen LogP contribution in [-0.4, -0.2) is 3.96 Å². The van der Waals surface area contributed by atoms with Gasteiger partial charge in [-0.15, -0.1) is 0 Å². The lowest BCUT2D eigenvalue weighted by Gasteiger charge is -2.02. The summed E-state index contributed by atoms with van der Waals surface area (Å²) in [4.78, 5) is 11.6. The van der Waals surface area contributed by atoms with Gasteiger partial charge in [-0.1, -0.05) is 35.9 Å². The number of benzene rings is 1. The van der Waals surface area contributed by atoms with Crippen LogP contribution >= 0.6 is 23.1 Å². The molecule has 0 aliphatic heterocycles. The summed E-state index contributed by atoms with van der Waals surface area (Å²) in [5.74, 6) is 0.836. The minimum atomic E-state index is -0.0647. The number of hydrogen-bond donors (Lipinski definition) is 0. The largest absolute Gasteiger partial charge is 0.464 e. The van der Waals surface area contributed by atoms with Gasteiger partial charge in [-0.25, -0.2) is 0 Å². The molecule has 0 atom stereocenters. The minimum absolute atomic E-state index is 0.0647. The van der Waals surface area contributed by atoms with Crippen LogP contribution in [0.25, 0.3) is 11.3 Å². The third-order valence-corrected chi connectivity index (χ3v) is 3.90. The van der Waals surface area contributed by atoms with Gasteiger partial charge in [0, 0.05) is 11.6 Å². The second-order valence-electron chi connectivity index (χ2n) is 4.09. The van der Waals surface area contributed by atoms with Crippen LogP contribution in [0.3, 0.4) is 0 Å². The summed E-state index contributed by atoms with van der Waals surface area (Å²) in [6, 6.07) is 13.1. The highest BCUT2D eigenvalue weighted by atomic mass is 35.5. The highest BCUT2D eigenvalue weighted by Crippen LogP contribution is 2.21. The Bertz CT molecular complexity index is 726. The Labute approximate surface area is 118 Å². The van der Waals surface area contributed by atoms with E-state index in [2.05, 4.69) is 0 Å². The Balaban J connectivity index is 1.83. The summed E-state index contributed by atoms with van der Waals surface area (Å²) in [6.45, 7) is 0.536. The van der Waals surface area contributed by atoms with E-state index in [0.717, 1.165) is 16.9 Å². The molecule has 0 unspecified atom stereocenters. The highest BCUT2D eigenvalue weighted by molar-refractivity contribution is 7.11. The Hall–Kier alpha value is -1.78. The molecule has 2 heterocycles. The molecule has 0 saturated carbocycles. The van der Waals surface area contributed by atoms with Crippen LogP contribution in [0.15, 0.2) is 57.9 Å². The lowest BCUT2D eigenvalue weighted by molar-refractivity contribution is 0.582. The Kier molecular flexibility index (Phi) is 3.27. The molecule has 5 heteroatoms. The molecule has 0 saturated heterocycles. The average Bonchev–Trinajstić information content (AvgIpc) is 3.01. The van der Waals surface area contributed by atoms with Gasteiger partial charge in [-0.3, -0.25) is 8.75 Å². The van der Waals surface area contributed by atoms with Crippen molar-refractivity contribution in [2.45, 2.75) is 6.54 Å². The average molecular weight is 292 g/mol. The summed E-state index contributed by atoms with van der Waals surface area (Å²) in [7, 11) is 0. The molecule has 0 amide bonds. The summed E-state index contributed by atoms with van der Waals surface area (Å²) in [5, 5.41) is 0. The summed E-state index contributed by atoms with van der Waals surface area (Å²) in [6.07, 6.45) is 1.65. The normalized spacial score (nSPS) is 10.8. The quantitative estimate of drug-likeness (QED) is 0.734. The van der Waals surface area contributed by atoms with E-state index in [-0.39, 0.29) is 5.56 Å². The van der Waals surface area contributed by atoms with Crippen LogP contribution in [0.2, 0.25) is 4.34 Å². The fourth-order valence-corrected chi connectivity index (χ4v) is 2.90. The van der Waals surface area contributed by atoms with Crippen molar-refractivity contribution >= 4 is 23.1 Å². The zero-order chi connectivity index (χ0) is 13.2. The molecule has 3 aromatic rings. The van der Waals surface area contributed by atoms with E-state index >= 15 is 0 Å². The van der Waals surface area contributed by atoms with Gasteiger partial charge in [0.05, 0.1) is 12.8 Å². The Morgan fingerprint density at radius 1 is 1.21 bits per heavy atom. The van der Waals surface area contributed by atoms with E-state index in [1.54, 1.807) is 10.2 Å². The number of halogens is 1. The molecule has 0 bridgehead atoms. The standard InChI is InChI=1S/C14H10ClNO2S/c15-13-8-14(17)16(19-13)9-10-3-5-11(6-4-10)12-2-1-7-18-12/h1-8H,9H2. The van der Waals surface area contributed by atoms with Gasteiger partial charge in [-0.2, -0.15) is 0 Å². The molecule has 0 aliphatic rings. The first-order valence-corrected chi connectivity index (χ1v) is 6.87. The number of rotatable bonds is 3. The number of furan rings is 1. The first-order valence-electron chi connectivity index (χ1n) is 5.72. The van der Waals surface area contributed by atoms with Crippen LogP contribution in [0, 0.1) is 0 Å². The van der Waals surface area contributed by atoms with Crippen LogP contribution in [0.4, 0.5) is 0 Å². The van der Waals surface area contributed by atoms with Crippen molar-refractivity contribution in [1.82, 2.24) is 3.96 Å². The molecule has 3 nitrogen and oxygen atoms in total. The van der Waals surface area contributed by atoms with E-state index < -0.39 is 0 Å². The van der Waals surface area contributed by atoms with Crippen molar-refractivity contribution < 1.29 is 4.42 Å². The van der Waals surface area contributed by atoms with Crippen LogP contribution in [-0.2, 0) is 6.54 Å². The van der Waals surface area contributed by atoms with Crippen molar-refractivity contribution in [3.63, 3.8) is 0 Å². The predicted molar refractivity (Wildman–Crippen MR) is 76.8 cm³/mol. The number of nitrogens with zero attached hydrogens (tertiary/aromatic N) is 1. The van der Waals surface area contributed by atoms with Crippen molar-refractivity contribution in [3.8, 4) is 11.3 Å². The lowest BCUT2D eigenvalue weighted by atomic mass is 10.1. The number of aromatic nitrogens is 1. The second-order valence-corrected chi connectivity index (χ2v) is 5.78. The smallest absolute Gasteiger partial charge is 0.262 e. The van der Waals surface area contributed by atoms with Crippen LogP contribution in [0.5, 0.6) is 0 Å². The molecule has 0 aliphatic carbocycles. The van der Waals surface area contributed by atoms with Gasteiger partial charge in [0.1, 0.15) is 10.1 Å². The first kappa shape index (κ1) is 12.3. The van der Waals surface area contributed by atoms with Crippen molar-refractivity contribution in [2.24, 2.45) is 0 Å². The molecule has 0 fully saturated rings. The van der Waals surface area contributed by atoms with E-state index in [0.29, 0.717) is 10.9 Å². The molecule has 1 aromatic carbocycles. The van der Waals surface area contributed by atoms with Crippen molar-refractivity contribution in [3.05, 3.63) is 69.0 Å². The molecular formula is C14H10ClNO2S. The summed E-state index contributed by atoms with van der Waals surface area (Å²) in [5.41, 5.74) is 2.01. The SMILES string of the molecule is O=c1cc(Cl)sn1Cc1ccc(-c2ccco2)cc1. The first-order chi connectivity index (χ1) is 9.22. The van der Waals surface area contributed by atoms with Crippen molar-refractivity contribution in [2.75, 3.05) is 0 Å². The van der Waals surface area contributed by atoms with E-state index in [4.69, 9.17) is 16.0 Å². The maximum Gasteiger partial charge on any atom is 0.262 e. The molecular weight excluding hydrogens is 282 g/mol. The molecule has 96 valence electrons. The van der Waals surface area contributed by atoms with Gasteiger partial charge < -0.3 is 4.42 Å². The monoisotopic (exact) mass is 291 g/mol. The topological polar surface area (TPSA) is 35.1 Å². The molecule has 0 radical (unpaired) electrons. The fraction of sp³-hybridized carbons (Fsp3) is 0.0714. The third-order valence-electron chi connectivity index (χ3n) is 2.77. The predicted octanol–water partition coefficient (Wildman–Crippen LogP) is 3.87. The van der Waals surface area contributed by atoms with E-state index in [9.17, 15) is 4.79 Å². The second kappa shape index (κ2) is 5.07. The summed E-state index contributed by atoms with van der Waals surface area (Å²) >= 11 is 7.07. The molecule has 19 heavy (non-hydrogen) atoms. The van der Waals surface area contributed by atoms with E-state index in [1.165, 1.54) is 17.6 Å². The minimum Gasteiger partial charge on any atom is -0.464 e. The van der Waals surface area contributed by atoms with Gasteiger partial charge in [0.25, 0.3) is 5.56 Å². The molecule has 0 spiro atoms. The zero-order valence-electron chi connectivity index (χ0n) is 9.88. The summed E-state index contributed by atoms with van der Waals surface area (Å²) < 4.78 is 7.47. The molecule has 0 N–H and O–H groups in total. The maximum absolute atomic E-state index is 11.6. The Morgan fingerprint density at radius 3 is 2.58 bits per heavy atom. The van der Waals surface area contributed by atoms with Crippen LogP contribution in [0.1, 0.15) is 5.56 Å². The van der Waals surface area contributed by atoms with E-state index in [1.807, 2.05) is 36.4 Å². The highest BCUT2D eigenvalue weighted by Gasteiger charge is 2.04. The maximum atomic E-state index is 11.6. The van der Waals surface area contributed by atoms with Gasteiger partial charge in [-0.05, 0) is 29.2 Å². The molecule has 2 aromatic heterocycles. The van der Waals surface area contributed by atoms with Gasteiger partial charge in [0.15, 0.2) is 0 Å². The van der Waals surface area contributed by atoms with Gasteiger partial charge in [0.2, 0.25) is 0 Å².